The van der Waals surface area contributed by atoms with Gasteiger partial charge >= 0.3 is 0 Å². The second kappa shape index (κ2) is 3.23. The van der Waals surface area contributed by atoms with Gasteiger partial charge in [0.15, 0.2) is 0 Å². The molecule has 13 heavy (non-hydrogen) atoms. The van der Waals surface area contributed by atoms with Crippen LogP contribution in [0, 0.1) is 6.92 Å². The number of nitrogens with one attached hydrogen (secondary N) is 1. The van der Waals surface area contributed by atoms with E-state index in [4.69, 9.17) is 4.84 Å². The first-order valence-corrected chi connectivity index (χ1v) is 4.47. The minimum Gasteiger partial charge on any atom is -0.269 e. The Bertz CT molecular complexity index is 344. The highest BCUT2D eigenvalue weighted by Gasteiger charge is 2.13. The highest BCUT2D eigenvalue weighted by molar-refractivity contribution is 5.67. The molecule has 1 aliphatic rings. The van der Waals surface area contributed by atoms with Crippen LogP contribution in [-0.4, -0.2) is 6.10 Å². The molecule has 1 aromatic carbocycles. The first kappa shape index (κ1) is 8.32. The van der Waals surface area contributed by atoms with Crippen molar-refractivity contribution in [1.29, 1.82) is 0 Å². The Morgan fingerprint density at radius 2 is 2.08 bits per heavy atom. The molecule has 1 heterocycles. The van der Waals surface area contributed by atoms with E-state index < -0.39 is 0 Å². The Morgan fingerprint density at radius 1 is 1.31 bits per heavy atom. The third-order valence-corrected chi connectivity index (χ3v) is 2.19. The van der Waals surface area contributed by atoms with Crippen LogP contribution >= 0.6 is 0 Å². The first-order valence-electron chi connectivity index (χ1n) is 4.47. The van der Waals surface area contributed by atoms with Gasteiger partial charge in [-0.15, -0.1) is 0 Å². The second-order valence-electron chi connectivity index (χ2n) is 3.32. The van der Waals surface area contributed by atoms with Crippen molar-refractivity contribution < 1.29 is 4.84 Å². The number of rotatable bonds is 1. The molecule has 2 heteroatoms. The van der Waals surface area contributed by atoms with Crippen LogP contribution in [0.2, 0.25) is 0 Å². The normalized spacial score (nSPS) is 21.1. The molecule has 1 aliphatic heterocycles. The fourth-order valence-corrected chi connectivity index (χ4v) is 1.48. The van der Waals surface area contributed by atoms with Crippen LogP contribution in [0.1, 0.15) is 18.1 Å². The lowest BCUT2D eigenvalue weighted by atomic mass is 10.1. The van der Waals surface area contributed by atoms with Crippen molar-refractivity contribution in [3.05, 3.63) is 41.5 Å². The van der Waals surface area contributed by atoms with Gasteiger partial charge in [-0.05, 0) is 25.5 Å². The van der Waals surface area contributed by atoms with E-state index in [9.17, 15) is 0 Å². The molecule has 1 atom stereocenters. The van der Waals surface area contributed by atoms with Gasteiger partial charge < -0.3 is 0 Å². The summed E-state index contributed by atoms with van der Waals surface area (Å²) in [6.07, 6.45) is 2.25. The van der Waals surface area contributed by atoms with Crippen LogP contribution in [0.4, 0.5) is 0 Å². The van der Waals surface area contributed by atoms with Gasteiger partial charge in [0.1, 0.15) is 6.10 Å². The molecule has 0 saturated heterocycles. The fourth-order valence-electron chi connectivity index (χ4n) is 1.48. The SMILES string of the molecule is Cc1ccccc1C1=CC(C)ON1. The molecule has 0 radical (unpaired) electrons. The summed E-state index contributed by atoms with van der Waals surface area (Å²) < 4.78 is 0. The van der Waals surface area contributed by atoms with Gasteiger partial charge in [-0.2, -0.15) is 0 Å². The van der Waals surface area contributed by atoms with Crippen LogP contribution in [0.5, 0.6) is 0 Å². The number of hydroxylamine groups is 1. The third-order valence-electron chi connectivity index (χ3n) is 2.19. The smallest absolute Gasteiger partial charge is 0.103 e. The lowest BCUT2D eigenvalue weighted by Gasteiger charge is -2.06. The highest BCUT2D eigenvalue weighted by Crippen LogP contribution is 2.20. The highest BCUT2D eigenvalue weighted by atomic mass is 16.7. The van der Waals surface area contributed by atoms with Crippen LogP contribution < -0.4 is 5.48 Å². The summed E-state index contributed by atoms with van der Waals surface area (Å²) in [5.41, 5.74) is 6.48. The van der Waals surface area contributed by atoms with E-state index in [2.05, 4.69) is 30.6 Å². The molecule has 0 fully saturated rings. The van der Waals surface area contributed by atoms with Crippen molar-refractivity contribution >= 4 is 5.70 Å². The summed E-state index contributed by atoms with van der Waals surface area (Å²) in [6, 6.07) is 8.27. The zero-order chi connectivity index (χ0) is 9.26. The Kier molecular flexibility index (Phi) is 2.07. The zero-order valence-electron chi connectivity index (χ0n) is 7.87. The van der Waals surface area contributed by atoms with E-state index >= 15 is 0 Å². The lowest BCUT2D eigenvalue weighted by molar-refractivity contribution is 0.0625. The number of hydrogen-bond donors (Lipinski definition) is 1. The molecule has 0 bridgehead atoms. The van der Waals surface area contributed by atoms with E-state index in [-0.39, 0.29) is 6.10 Å². The van der Waals surface area contributed by atoms with Crippen molar-refractivity contribution in [2.24, 2.45) is 0 Å². The summed E-state index contributed by atoms with van der Waals surface area (Å²) >= 11 is 0. The lowest BCUT2D eigenvalue weighted by Crippen LogP contribution is -2.09. The topological polar surface area (TPSA) is 21.3 Å². The monoisotopic (exact) mass is 175 g/mol. The molecular formula is C11H13NO. The Labute approximate surface area is 78.2 Å². The predicted octanol–water partition coefficient (Wildman–Crippen LogP) is 2.26. The van der Waals surface area contributed by atoms with Crippen molar-refractivity contribution in [3.8, 4) is 0 Å². The predicted molar refractivity (Wildman–Crippen MR) is 52.8 cm³/mol. The fraction of sp³-hybridized carbons (Fsp3) is 0.273. The van der Waals surface area contributed by atoms with Crippen molar-refractivity contribution in [1.82, 2.24) is 5.48 Å². The van der Waals surface area contributed by atoms with Gasteiger partial charge in [0.2, 0.25) is 0 Å². The largest absolute Gasteiger partial charge is 0.269 e. The molecule has 0 spiro atoms. The van der Waals surface area contributed by atoms with Gasteiger partial charge in [-0.3, -0.25) is 10.3 Å². The van der Waals surface area contributed by atoms with E-state index in [0.717, 1.165) is 5.70 Å². The average Bonchev–Trinajstić information content (AvgIpc) is 2.53. The van der Waals surface area contributed by atoms with E-state index in [1.165, 1.54) is 11.1 Å². The molecule has 2 nitrogen and oxygen atoms in total. The summed E-state index contributed by atoms with van der Waals surface area (Å²) in [5, 5.41) is 0. The standard InChI is InChI=1S/C11H13NO/c1-8-5-3-4-6-10(8)11-7-9(2)13-12-11/h3-7,9,12H,1-2H3. The molecule has 68 valence electrons. The van der Waals surface area contributed by atoms with Crippen molar-refractivity contribution in [2.45, 2.75) is 20.0 Å². The summed E-state index contributed by atoms with van der Waals surface area (Å²) in [6.45, 7) is 4.11. The second-order valence-corrected chi connectivity index (χ2v) is 3.32. The van der Waals surface area contributed by atoms with Crippen LogP contribution in [0.3, 0.4) is 0 Å². The van der Waals surface area contributed by atoms with Gasteiger partial charge in [-0.25, -0.2) is 0 Å². The quantitative estimate of drug-likeness (QED) is 0.707. The minimum atomic E-state index is 0.162. The van der Waals surface area contributed by atoms with Crippen LogP contribution in [-0.2, 0) is 4.84 Å². The Morgan fingerprint density at radius 3 is 2.69 bits per heavy atom. The zero-order valence-corrected chi connectivity index (χ0v) is 7.87. The van der Waals surface area contributed by atoms with Gasteiger partial charge in [0.05, 0.1) is 5.70 Å². The van der Waals surface area contributed by atoms with E-state index in [1.54, 1.807) is 0 Å². The molecule has 0 aromatic heterocycles. The summed E-state index contributed by atoms with van der Waals surface area (Å²) in [5.74, 6) is 0. The molecule has 1 unspecified atom stereocenters. The number of benzene rings is 1. The van der Waals surface area contributed by atoms with Crippen molar-refractivity contribution in [3.63, 3.8) is 0 Å². The molecule has 0 aliphatic carbocycles. The average molecular weight is 175 g/mol. The summed E-state index contributed by atoms with van der Waals surface area (Å²) in [7, 11) is 0. The first-order chi connectivity index (χ1) is 6.27. The van der Waals surface area contributed by atoms with Gasteiger partial charge in [-0.1, -0.05) is 24.3 Å². The Hall–Kier alpha value is -1.28. The maximum atomic E-state index is 5.23. The molecule has 2 rings (SSSR count). The number of hydrogen-bond acceptors (Lipinski definition) is 2. The van der Waals surface area contributed by atoms with E-state index in [1.807, 2.05) is 19.1 Å². The molecule has 1 N–H and O–H groups in total. The summed E-state index contributed by atoms with van der Waals surface area (Å²) in [4.78, 5) is 5.23. The molecule has 1 aromatic rings. The van der Waals surface area contributed by atoms with Crippen LogP contribution in [0.25, 0.3) is 5.70 Å². The number of aryl methyl sites for hydroxylation is 1. The van der Waals surface area contributed by atoms with Crippen molar-refractivity contribution in [2.75, 3.05) is 0 Å². The molecular weight excluding hydrogens is 162 g/mol. The third kappa shape index (κ3) is 1.58. The maximum absolute atomic E-state index is 5.23. The molecule has 0 saturated carbocycles. The minimum absolute atomic E-state index is 0.162. The van der Waals surface area contributed by atoms with Gasteiger partial charge in [0, 0.05) is 5.56 Å². The maximum Gasteiger partial charge on any atom is 0.103 e. The van der Waals surface area contributed by atoms with Gasteiger partial charge in [0.25, 0.3) is 0 Å². The molecule has 0 amide bonds. The Balaban J connectivity index is 2.36. The van der Waals surface area contributed by atoms with E-state index in [0.29, 0.717) is 0 Å². The van der Waals surface area contributed by atoms with Crippen LogP contribution in [0.15, 0.2) is 30.3 Å².